The molecule has 9 aromatic rings. The Kier molecular flexibility index (Phi) is 10.2. The van der Waals surface area contributed by atoms with Gasteiger partial charge in [-0.05, 0) is 155 Å². The second kappa shape index (κ2) is 16.3. The molecular formula is C59H50F3N3. The lowest BCUT2D eigenvalue weighted by molar-refractivity contribution is -0.137. The molecule has 11 rings (SSSR count). The van der Waals surface area contributed by atoms with Gasteiger partial charge >= 0.3 is 6.18 Å². The van der Waals surface area contributed by atoms with Crippen molar-refractivity contribution in [2.24, 2.45) is 0 Å². The maximum Gasteiger partial charge on any atom is 0.416 e. The minimum Gasteiger partial charge on any atom is -0.368 e. The summed E-state index contributed by atoms with van der Waals surface area (Å²) in [6, 6.07) is 57.1. The van der Waals surface area contributed by atoms with Crippen LogP contribution in [0.25, 0.3) is 72.0 Å². The van der Waals surface area contributed by atoms with Crippen molar-refractivity contribution < 1.29 is 13.2 Å². The number of benzene rings is 8. The first-order valence-corrected chi connectivity index (χ1v) is 22.8. The Morgan fingerprint density at radius 1 is 0.538 bits per heavy atom. The number of aryl methyl sites for hydroxylation is 5. The maximum atomic E-state index is 14.6. The summed E-state index contributed by atoms with van der Waals surface area (Å²) in [6.45, 7) is 8.76. The lowest BCUT2D eigenvalue weighted by Gasteiger charge is -2.21. The van der Waals surface area contributed by atoms with Gasteiger partial charge in [0.05, 0.1) is 22.3 Å². The van der Waals surface area contributed by atoms with Crippen molar-refractivity contribution >= 4 is 27.5 Å². The van der Waals surface area contributed by atoms with Crippen LogP contribution in [0.3, 0.4) is 0 Å². The second-order valence-electron chi connectivity index (χ2n) is 18.1. The van der Waals surface area contributed by atoms with Crippen molar-refractivity contribution in [1.82, 2.24) is 9.88 Å². The molecule has 2 fully saturated rings. The summed E-state index contributed by atoms with van der Waals surface area (Å²) in [5, 5.41) is 5.92. The molecule has 0 amide bonds. The van der Waals surface area contributed by atoms with E-state index in [2.05, 4.69) is 176 Å². The topological polar surface area (TPSA) is 29.9 Å². The lowest BCUT2D eigenvalue weighted by atomic mass is 9.89. The molecule has 1 unspecified atom stereocenters. The molecular weight excluding hydrogens is 808 g/mol. The summed E-state index contributed by atoms with van der Waals surface area (Å²) in [7, 11) is 0. The van der Waals surface area contributed by atoms with Gasteiger partial charge in [-0.2, -0.15) is 13.2 Å². The number of nitrogens with one attached hydrogen (secondary N) is 1. The summed E-state index contributed by atoms with van der Waals surface area (Å²) < 4.78 is 46.3. The average Bonchev–Trinajstić information content (AvgIpc) is 4.27. The number of rotatable bonds is 11. The van der Waals surface area contributed by atoms with Crippen LogP contribution in [0, 0.1) is 20.8 Å². The fourth-order valence-corrected chi connectivity index (χ4v) is 9.82. The van der Waals surface area contributed by atoms with Gasteiger partial charge in [0, 0.05) is 42.1 Å². The van der Waals surface area contributed by atoms with Crippen LogP contribution in [0.2, 0.25) is 0 Å². The molecule has 8 aromatic carbocycles. The number of fused-ring (bicyclic) bond motifs is 3. The van der Waals surface area contributed by atoms with Crippen LogP contribution in [-0.4, -0.2) is 24.2 Å². The van der Waals surface area contributed by atoms with Crippen LogP contribution >= 0.6 is 0 Å². The maximum absolute atomic E-state index is 14.6. The highest BCUT2D eigenvalue weighted by atomic mass is 19.4. The second-order valence-corrected chi connectivity index (χ2v) is 18.1. The Hall–Kier alpha value is -6.89. The predicted octanol–water partition coefficient (Wildman–Crippen LogP) is 15.0. The first kappa shape index (κ1) is 40.9. The van der Waals surface area contributed by atoms with Crippen LogP contribution in [0.4, 0.5) is 18.9 Å². The lowest BCUT2D eigenvalue weighted by Crippen LogP contribution is -2.08. The number of hydrogen-bond donors (Lipinski definition) is 1. The number of para-hydroxylation sites is 1. The van der Waals surface area contributed by atoms with Gasteiger partial charge in [0.15, 0.2) is 0 Å². The smallest absolute Gasteiger partial charge is 0.368 e. The van der Waals surface area contributed by atoms with Gasteiger partial charge in [-0.15, -0.1) is 0 Å². The molecule has 0 bridgehead atoms. The van der Waals surface area contributed by atoms with Gasteiger partial charge in [-0.25, -0.2) is 0 Å². The molecule has 3 nitrogen and oxygen atoms in total. The Morgan fingerprint density at radius 2 is 1.15 bits per heavy atom. The van der Waals surface area contributed by atoms with Crippen LogP contribution < -0.4 is 10.2 Å². The normalized spacial score (nSPS) is 14.7. The fourth-order valence-electron chi connectivity index (χ4n) is 9.82. The summed E-state index contributed by atoms with van der Waals surface area (Å²) in [6.07, 6.45) is -2.00. The first-order chi connectivity index (χ1) is 31.6. The number of nitrogens with zero attached hydrogens (tertiary/aromatic N) is 2. The molecule has 322 valence electrons. The molecule has 6 heteroatoms. The summed E-state index contributed by atoms with van der Waals surface area (Å²) in [5.74, 6) is 0. The standard InChI is InChI=1S/C59H50F3N3/c1-37-15-20-40(21-16-37)43-24-19-39(3)52(32-43)50-12-5-4-9-42(50)10-8-11-45-29-46(47-30-48(59(60,61)62)35-49(31-47)64-27-28-64)34-57(58(45)54-36-63-54)65-55-14-7-6-13-51(55)53-33-44(25-26-56(53)65)41-22-17-38(2)18-23-41/h4-7,9,12-26,29-35,54,63H,8,10-11,27-28,36H2,1-3H3. The van der Waals surface area contributed by atoms with Gasteiger partial charge in [-0.3, -0.25) is 0 Å². The molecule has 1 N–H and O–H groups in total. The van der Waals surface area contributed by atoms with E-state index in [0.29, 0.717) is 11.3 Å². The third-order valence-electron chi connectivity index (χ3n) is 13.5. The largest absolute Gasteiger partial charge is 0.416 e. The van der Waals surface area contributed by atoms with Gasteiger partial charge < -0.3 is 14.8 Å². The summed E-state index contributed by atoms with van der Waals surface area (Å²) in [4.78, 5) is 2.00. The molecule has 2 aliphatic rings. The first-order valence-electron chi connectivity index (χ1n) is 22.8. The molecule has 1 aromatic heterocycles. The van der Waals surface area contributed by atoms with Gasteiger partial charge in [-0.1, -0.05) is 126 Å². The Labute approximate surface area is 378 Å². The van der Waals surface area contributed by atoms with Gasteiger partial charge in [0.25, 0.3) is 0 Å². The molecule has 0 radical (unpaired) electrons. The summed E-state index contributed by atoms with van der Waals surface area (Å²) in [5.41, 5.74) is 19.0. The zero-order valence-corrected chi connectivity index (χ0v) is 36.9. The molecule has 3 heterocycles. The van der Waals surface area contributed by atoms with E-state index in [1.807, 2.05) is 11.0 Å². The molecule has 2 aliphatic heterocycles. The highest BCUT2D eigenvalue weighted by Gasteiger charge is 2.34. The number of alkyl halides is 3. The van der Waals surface area contributed by atoms with E-state index in [0.717, 1.165) is 88.6 Å². The number of hydrogen-bond acceptors (Lipinski definition) is 2. The third kappa shape index (κ3) is 8.01. The van der Waals surface area contributed by atoms with Crippen molar-refractivity contribution in [3.63, 3.8) is 0 Å². The van der Waals surface area contributed by atoms with Crippen LogP contribution in [-0.2, 0) is 19.0 Å². The molecule has 0 aliphatic carbocycles. The number of anilines is 1. The zero-order valence-electron chi connectivity index (χ0n) is 36.9. The van der Waals surface area contributed by atoms with Crippen LogP contribution in [0.5, 0.6) is 0 Å². The molecule has 0 saturated carbocycles. The van der Waals surface area contributed by atoms with Gasteiger partial charge in [0.1, 0.15) is 0 Å². The molecule has 0 spiro atoms. The Bertz CT molecular complexity index is 3260. The highest BCUT2D eigenvalue weighted by Crippen LogP contribution is 2.44. The zero-order chi connectivity index (χ0) is 44.4. The van der Waals surface area contributed by atoms with E-state index in [1.54, 1.807) is 0 Å². The fraction of sp³-hybridized carbons (Fsp3) is 0.186. The Balaban J connectivity index is 1.04. The third-order valence-corrected chi connectivity index (χ3v) is 13.5. The average molecular weight is 858 g/mol. The van der Waals surface area contributed by atoms with Crippen molar-refractivity contribution in [3.8, 4) is 50.2 Å². The SMILES string of the molecule is Cc1ccc(-c2ccc(C)c(-c3ccccc3CCCc3cc(-c4cc(N5CC5)cc(C(F)(F)F)c4)cc(-n4c5ccccc5c5cc(-c6ccc(C)cc6)ccc54)c3C3CN3)c2)cc1. The van der Waals surface area contributed by atoms with E-state index in [9.17, 15) is 13.2 Å². The quantitative estimate of drug-likeness (QED) is 0.131. The van der Waals surface area contributed by atoms with Crippen LogP contribution in [0.1, 0.15) is 51.4 Å². The highest BCUT2D eigenvalue weighted by molar-refractivity contribution is 6.10. The van der Waals surface area contributed by atoms with Crippen molar-refractivity contribution in [2.75, 3.05) is 24.5 Å². The molecule has 65 heavy (non-hydrogen) atoms. The van der Waals surface area contributed by atoms with Crippen molar-refractivity contribution in [2.45, 2.75) is 52.3 Å². The van der Waals surface area contributed by atoms with E-state index >= 15 is 0 Å². The van der Waals surface area contributed by atoms with Crippen molar-refractivity contribution in [1.29, 1.82) is 0 Å². The minimum atomic E-state index is -4.47. The summed E-state index contributed by atoms with van der Waals surface area (Å²) >= 11 is 0. The molecule has 1 atom stereocenters. The minimum absolute atomic E-state index is 0.131. The van der Waals surface area contributed by atoms with E-state index in [4.69, 9.17) is 0 Å². The Morgan fingerprint density at radius 3 is 1.86 bits per heavy atom. The monoisotopic (exact) mass is 857 g/mol. The van der Waals surface area contributed by atoms with E-state index < -0.39 is 11.7 Å². The van der Waals surface area contributed by atoms with Crippen molar-refractivity contribution in [3.05, 3.63) is 203 Å². The van der Waals surface area contributed by atoms with Gasteiger partial charge in [0.2, 0.25) is 0 Å². The molecule has 2 saturated heterocycles. The van der Waals surface area contributed by atoms with E-state index in [-0.39, 0.29) is 6.04 Å². The number of halogens is 3. The predicted molar refractivity (Wildman–Crippen MR) is 263 cm³/mol. The van der Waals surface area contributed by atoms with Crippen LogP contribution in [0.15, 0.2) is 164 Å². The van der Waals surface area contributed by atoms with E-state index in [1.165, 1.54) is 62.2 Å². The number of aromatic nitrogens is 1.